The molecule has 0 unspecified atom stereocenters. The fourth-order valence-corrected chi connectivity index (χ4v) is 4.27. The van der Waals surface area contributed by atoms with Gasteiger partial charge in [0.2, 0.25) is 0 Å². The monoisotopic (exact) mass is 673 g/mol. The zero-order chi connectivity index (χ0) is 31.7. The molecule has 12 heteroatoms. The molecule has 0 aliphatic carbocycles. The number of halogens is 4. The van der Waals surface area contributed by atoms with E-state index in [0.717, 1.165) is 0 Å². The lowest BCUT2D eigenvalue weighted by atomic mass is 10.0. The highest BCUT2D eigenvalue weighted by atomic mass is 35.5. The van der Waals surface area contributed by atoms with Crippen molar-refractivity contribution in [1.82, 2.24) is 5.32 Å². The number of carbonyl (C=O) groups excluding carboxylic acids is 4. The maximum Gasteiger partial charge on any atom is 0.338 e. The zero-order valence-corrected chi connectivity index (χ0v) is 25.8. The molecule has 0 aromatic heterocycles. The van der Waals surface area contributed by atoms with Gasteiger partial charge in [0.05, 0.1) is 16.7 Å². The number of amides is 1. The third-order valence-electron chi connectivity index (χ3n) is 6.16. The number of nitrogens with one attached hydrogen (secondary N) is 1. The number of hydrogen-bond donors (Lipinski definition) is 1. The van der Waals surface area contributed by atoms with Crippen LogP contribution in [0.5, 0.6) is 0 Å². The van der Waals surface area contributed by atoms with Gasteiger partial charge in [-0.3, -0.25) is 4.79 Å². The van der Waals surface area contributed by atoms with Crippen LogP contribution in [0.2, 0.25) is 20.1 Å². The molecule has 0 spiro atoms. The van der Waals surface area contributed by atoms with Crippen LogP contribution in [0, 0.1) is 0 Å². The van der Waals surface area contributed by atoms with E-state index < -0.39 is 49.2 Å². The molecule has 0 saturated carbocycles. The first kappa shape index (κ1) is 32.8. The first-order valence-electron chi connectivity index (χ1n) is 12.9. The number of esters is 3. The van der Waals surface area contributed by atoms with Crippen molar-refractivity contribution in [2.75, 3.05) is 19.8 Å². The highest BCUT2D eigenvalue weighted by molar-refractivity contribution is 6.31. The first-order valence-corrected chi connectivity index (χ1v) is 14.4. The summed E-state index contributed by atoms with van der Waals surface area (Å²) in [5.41, 5.74) is -1.05. The molecule has 226 valence electrons. The smallest absolute Gasteiger partial charge is 0.338 e. The molecule has 1 amide bonds. The maximum atomic E-state index is 13.4. The Labute approximate surface area is 272 Å². The van der Waals surface area contributed by atoms with Gasteiger partial charge in [-0.25, -0.2) is 14.4 Å². The third kappa shape index (κ3) is 9.21. The van der Waals surface area contributed by atoms with Crippen LogP contribution < -0.4 is 5.32 Å². The van der Waals surface area contributed by atoms with Crippen LogP contribution in [0.15, 0.2) is 97.1 Å². The minimum atomic E-state index is -1.75. The van der Waals surface area contributed by atoms with E-state index in [2.05, 4.69) is 5.32 Å². The summed E-state index contributed by atoms with van der Waals surface area (Å²) in [6, 6.07) is 23.8. The molecule has 0 fully saturated rings. The van der Waals surface area contributed by atoms with E-state index in [4.69, 9.17) is 60.6 Å². The van der Waals surface area contributed by atoms with E-state index in [0.29, 0.717) is 20.1 Å². The van der Waals surface area contributed by atoms with Crippen molar-refractivity contribution in [3.63, 3.8) is 0 Å². The van der Waals surface area contributed by atoms with Crippen LogP contribution >= 0.6 is 46.4 Å². The molecule has 4 rings (SSSR count). The minimum absolute atomic E-state index is 0.170. The molecule has 44 heavy (non-hydrogen) atoms. The van der Waals surface area contributed by atoms with E-state index >= 15 is 0 Å². The number of rotatable bonds is 11. The molecule has 0 bridgehead atoms. The SMILES string of the molecule is O=C(NC(COC(=O)c1ccc(Cl)cc1)(COC(=O)c1ccc(Cl)cc1)COC(=O)c1ccc(Cl)cc1)c1ccc(Cl)cc1. The van der Waals surface area contributed by atoms with Gasteiger partial charge in [0, 0.05) is 25.7 Å². The van der Waals surface area contributed by atoms with Gasteiger partial charge in [0.15, 0.2) is 0 Å². The molecule has 4 aromatic carbocycles. The summed E-state index contributed by atoms with van der Waals surface area (Å²) < 4.78 is 16.7. The predicted octanol–water partition coefficient (Wildman–Crippen LogP) is 7.34. The van der Waals surface area contributed by atoms with Gasteiger partial charge in [-0.1, -0.05) is 46.4 Å². The topological polar surface area (TPSA) is 108 Å². The van der Waals surface area contributed by atoms with Gasteiger partial charge in [0.25, 0.3) is 5.91 Å². The van der Waals surface area contributed by atoms with Crippen molar-refractivity contribution in [3.05, 3.63) is 139 Å². The van der Waals surface area contributed by atoms with Gasteiger partial charge < -0.3 is 19.5 Å². The van der Waals surface area contributed by atoms with Crippen molar-refractivity contribution < 1.29 is 33.4 Å². The number of ether oxygens (including phenoxy) is 3. The average Bonchev–Trinajstić information content (AvgIpc) is 3.02. The molecular weight excluding hydrogens is 652 g/mol. The lowest BCUT2D eigenvalue weighted by Crippen LogP contribution is -2.59. The largest absolute Gasteiger partial charge is 0.459 e. The molecule has 4 aromatic rings. The fraction of sp³-hybridized carbons (Fsp3) is 0.125. The molecule has 0 atom stereocenters. The van der Waals surface area contributed by atoms with Gasteiger partial charge >= 0.3 is 17.9 Å². The molecule has 0 radical (unpaired) electrons. The highest BCUT2D eigenvalue weighted by Gasteiger charge is 2.38. The normalized spacial score (nSPS) is 10.9. The van der Waals surface area contributed by atoms with E-state index in [1.54, 1.807) is 0 Å². The summed E-state index contributed by atoms with van der Waals surface area (Å²) in [6.07, 6.45) is 0. The Bertz CT molecular complexity index is 1480. The van der Waals surface area contributed by atoms with Crippen LogP contribution in [0.3, 0.4) is 0 Å². The van der Waals surface area contributed by atoms with Gasteiger partial charge in [-0.15, -0.1) is 0 Å². The van der Waals surface area contributed by atoms with Crippen LogP contribution in [0.4, 0.5) is 0 Å². The summed E-state index contributed by atoms with van der Waals surface area (Å²) in [5, 5.41) is 4.37. The summed E-state index contributed by atoms with van der Waals surface area (Å²) in [6.45, 7) is -1.68. The van der Waals surface area contributed by atoms with E-state index in [9.17, 15) is 19.2 Å². The number of carbonyl (C=O) groups is 4. The molecule has 1 N–H and O–H groups in total. The Kier molecular flexibility index (Phi) is 11.3. The summed E-state index contributed by atoms with van der Waals surface area (Å²) >= 11 is 23.8. The highest BCUT2D eigenvalue weighted by Crippen LogP contribution is 2.19. The van der Waals surface area contributed by atoms with E-state index in [-0.39, 0.29) is 22.3 Å². The minimum Gasteiger partial charge on any atom is -0.459 e. The molecule has 8 nitrogen and oxygen atoms in total. The van der Waals surface area contributed by atoms with Gasteiger partial charge in [-0.05, 0) is 97.1 Å². The second-order valence-electron chi connectivity index (χ2n) is 9.49. The molecule has 0 aliphatic heterocycles. The second kappa shape index (κ2) is 15.1. The van der Waals surface area contributed by atoms with Crippen LogP contribution in [0.25, 0.3) is 0 Å². The summed E-state index contributed by atoms with van der Waals surface area (Å²) in [5.74, 6) is -2.94. The average molecular weight is 675 g/mol. The van der Waals surface area contributed by atoms with Crippen LogP contribution in [-0.2, 0) is 14.2 Å². The van der Waals surface area contributed by atoms with Gasteiger partial charge in [-0.2, -0.15) is 0 Å². The maximum absolute atomic E-state index is 13.4. The predicted molar refractivity (Wildman–Crippen MR) is 167 cm³/mol. The number of benzene rings is 4. The number of hydrogen-bond acceptors (Lipinski definition) is 7. The van der Waals surface area contributed by atoms with Crippen molar-refractivity contribution in [1.29, 1.82) is 0 Å². The Morgan fingerprint density at radius 2 is 0.705 bits per heavy atom. The fourth-order valence-electron chi connectivity index (χ4n) is 3.77. The zero-order valence-electron chi connectivity index (χ0n) is 22.7. The van der Waals surface area contributed by atoms with Crippen LogP contribution in [-0.4, -0.2) is 49.2 Å². The van der Waals surface area contributed by atoms with Crippen LogP contribution in [0.1, 0.15) is 41.4 Å². The lowest BCUT2D eigenvalue weighted by Gasteiger charge is -2.33. The Morgan fingerprint density at radius 3 is 0.977 bits per heavy atom. The Morgan fingerprint density at radius 1 is 0.455 bits per heavy atom. The van der Waals surface area contributed by atoms with E-state index in [1.807, 2.05) is 0 Å². The second-order valence-corrected chi connectivity index (χ2v) is 11.2. The summed E-state index contributed by atoms with van der Waals surface area (Å²) in [4.78, 5) is 52.2. The quantitative estimate of drug-likeness (QED) is 0.131. The van der Waals surface area contributed by atoms with E-state index in [1.165, 1.54) is 97.1 Å². The standard InChI is InChI=1S/C32H23Cl4NO7/c33-24-9-1-20(2-10-24)28(38)37-32(17-42-29(39)21-3-11-25(34)12-4-21,18-43-30(40)22-5-13-26(35)14-6-22)19-44-31(41)23-7-15-27(36)16-8-23/h1-16H,17-19H2,(H,37,38). The van der Waals surface area contributed by atoms with Crippen molar-refractivity contribution in [2.24, 2.45) is 0 Å². The molecular formula is C32H23Cl4NO7. The van der Waals surface area contributed by atoms with Crippen molar-refractivity contribution >= 4 is 70.2 Å². The molecule has 0 heterocycles. The lowest BCUT2D eigenvalue weighted by molar-refractivity contribution is -0.0140. The Balaban J connectivity index is 1.64. The summed E-state index contributed by atoms with van der Waals surface area (Å²) in [7, 11) is 0. The van der Waals surface area contributed by atoms with Crippen molar-refractivity contribution in [3.8, 4) is 0 Å². The third-order valence-corrected chi connectivity index (χ3v) is 7.17. The molecule has 0 saturated heterocycles. The Hall–Kier alpha value is -4.08. The van der Waals surface area contributed by atoms with Crippen molar-refractivity contribution in [2.45, 2.75) is 5.54 Å². The van der Waals surface area contributed by atoms with Gasteiger partial charge in [0.1, 0.15) is 25.4 Å². The first-order chi connectivity index (χ1) is 21.0. The molecule has 0 aliphatic rings.